The summed E-state index contributed by atoms with van der Waals surface area (Å²) >= 11 is 6.08. The number of rotatable bonds is 6. The number of anilines is 1. The standard InChI is InChI=1S/C22H22ClN3O5/c1-12-9-18(19(30-4)10-16(12)23)24-21(28)13(2)31-20(27)11-17-14-7-5-6-8-15(14)22(29)26(3)25-17/h5-10,13H,11H2,1-4H3,(H,24,28). The molecule has 0 fully saturated rings. The van der Waals surface area contributed by atoms with E-state index < -0.39 is 18.0 Å². The summed E-state index contributed by atoms with van der Waals surface area (Å²) in [4.78, 5) is 37.2. The lowest BCUT2D eigenvalue weighted by atomic mass is 10.1. The van der Waals surface area contributed by atoms with Crippen molar-refractivity contribution >= 4 is 39.9 Å². The second kappa shape index (κ2) is 9.18. The molecular formula is C22H22ClN3O5. The number of carbonyl (C=O) groups excluding carboxylic acids is 2. The highest BCUT2D eigenvalue weighted by Gasteiger charge is 2.21. The lowest BCUT2D eigenvalue weighted by Gasteiger charge is -2.16. The van der Waals surface area contributed by atoms with Gasteiger partial charge in [-0.1, -0.05) is 29.8 Å². The van der Waals surface area contributed by atoms with E-state index in [0.717, 1.165) is 5.56 Å². The van der Waals surface area contributed by atoms with Gasteiger partial charge in [0.1, 0.15) is 5.75 Å². The minimum absolute atomic E-state index is 0.185. The summed E-state index contributed by atoms with van der Waals surface area (Å²) in [5.74, 6) is -0.770. The third-order valence-electron chi connectivity index (χ3n) is 4.76. The van der Waals surface area contributed by atoms with Crippen LogP contribution in [-0.4, -0.2) is 34.9 Å². The maximum absolute atomic E-state index is 12.5. The maximum atomic E-state index is 12.5. The number of methoxy groups -OCH3 is 1. The third kappa shape index (κ3) is 4.86. The van der Waals surface area contributed by atoms with Crippen molar-refractivity contribution in [3.8, 4) is 5.75 Å². The van der Waals surface area contributed by atoms with Gasteiger partial charge in [-0.25, -0.2) is 4.68 Å². The van der Waals surface area contributed by atoms with E-state index in [9.17, 15) is 14.4 Å². The van der Waals surface area contributed by atoms with Crippen LogP contribution >= 0.6 is 11.6 Å². The molecule has 0 spiro atoms. The molecule has 1 atom stereocenters. The van der Waals surface area contributed by atoms with Crippen LogP contribution in [0.5, 0.6) is 5.75 Å². The molecule has 0 aliphatic rings. The van der Waals surface area contributed by atoms with Crippen LogP contribution in [-0.2, 0) is 27.8 Å². The van der Waals surface area contributed by atoms with Gasteiger partial charge in [-0.15, -0.1) is 0 Å². The highest BCUT2D eigenvalue weighted by Crippen LogP contribution is 2.31. The lowest BCUT2D eigenvalue weighted by Crippen LogP contribution is -2.31. The fraction of sp³-hybridized carbons (Fsp3) is 0.273. The van der Waals surface area contributed by atoms with Gasteiger partial charge in [0.2, 0.25) is 0 Å². The Balaban J connectivity index is 1.72. The maximum Gasteiger partial charge on any atom is 0.312 e. The predicted octanol–water partition coefficient (Wildman–Crippen LogP) is 3.02. The number of nitrogens with zero attached hydrogens (tertiary/aromatic N) is 2. The van der Waals surface area contributed by atoms with Crippen molar-refractivity contribution in [2.24, 2.45) is 7.05 Å². The van der Waals surface area contributed by atoms with E-state index in [-0.39, 0.29) is 12.0 Å². The van der Waals surface area contributed by atoms with Gasteiger partial charge in [-0.3, -0.25) is 14.4 Å². The van der Waals surface area contributed by atoms with Crippen molar-refractivity contribution in [1.29, 1.82) is 0 Å². The van der Waals surface area contributed by atoms with Crippen molar-refractivity contribution < 1.29 is 19.1 Å². The number of halogens is 1. The number of aromatic nitrogens is 2. The van der Waals surface area contributed by atoms with Gasteiger partial charge < -0.3 is 14.8 Å². The molecule has 162 valence electrons. The molecule has 1 aromatic heterocycles. The summed E-state index contributed by atoms with van der Waals surface area (Å²) < 4.78 is 11.7. The van der Waals surface area contributed by atoms with Crippen LogP contribution in [0.15, 0.2) is 41.2 Å². The Morgan fingerprint density at radius 1 is 1.23 bits per heavy atom. The summed E-state index contributed by atoms with van der Waals surface area (Å²) in [6, 6.07) is 10.2. The first kappa shape index (κ1) is 22.3. The van der Waals surface area contributed by atoms with E-state index in [1.165, 1.54) is 25.8 Å². The van der Waals surface area contributed by atoms with Gasteiger partial charge in [0.15, 0.2) is 6.10 Å². The van der Waals surface area contributed by atoms with Crippen molar-refractivity contribution in [2.45, 2.75) is 26.4 Å². The number of hydrogen-bond acceptors (Lipinski definition) is 6. The average Bonchev–Trinajstić information content (AvgIpc) is 2.74. The molecule has 1 amide bonds. The smallest absolute Gasteiger partial charge is 0.312 e. The second-order valence-corrected chi connectivity index (χ2v) is 7.43. The SMILES string of the molecule is COc1cc(Cl)c(C)cc1NC(=O)C(C)OC(=O)Cc1nn(C)c(=O)c2ccccc12. The number of nitrogens with one attached hydrogen (secondary N) is 1. The largest absolute Gasteiger partial charge is 0.495 e. The molecule has 2 aromatic carbocycles. The Kier molecular flexibility index (Phi) is 6.60. The molecule has 1 unspecified atom stereocenters. The molecule has 0 aliphatic carbocycles. The molecule has 1 heterocycles. The Bertz CT molecular complexity index is 1220. The molecule has 3 aromatic rings. The Morgan fingerprint density at radius 2 is 1.90 bits per heavy atom. The summed E-state index contributed by atoms with van der Waals surface area (Å²) in [5.41, 5.74) is 1.32. The predicted molar refractivity (Wildman–Crippen MR) is 118 cm³/mol. The van der Waals surface area contributed by atoms with E-state index in [4.69, 9.17) is 21.1 Å². The fourth-order valence-electron chi connectivity index (χ4n) is 3.10. The van der Waals surface area contributed by atoms with Gasteiger partial charge >= 0.3 is 5.97 Å². The van der Waals surface area contributed by atoms with Crippen molar-refractivity contribution in [1.82, 2.24) is 9.78 Å². The zero-order chi connectivity index (χ0) is 22.7. The minimum atomic E-state index is -1.06. The number of hydrogen-bond donors (Lipinski definition) is 1. The molecule has 1 N–H and O–H groups in total. The topological polar surface area (TPSA) is 99.5 Å². The highest BCUT2D eigenvalue weighted by atomic mass is 35.5. The fourth-order valence-corrected chi connectivity index (χ4v) is 3.25. The summed E-state index contributed by atoms with van der Waals surface area (Å²) in [6.07, 6.45) is -1.25. The van der Waals surface area contributed by atoms with Gasteiger partial charge in [-0.2, -0.15) is 5.10 Å². The molecular weight excluding hydrogens is 422 g/mol. The van der Waals surface area contributed by atoms with Crippen LogP contribution < -0.4 is 15.6 Å². The number of amides is 1. The van der Waals surface area contributed by atoms with Crippen molar-refractivity contribution in [3.63, 3.8) is 0 Å². The summed E-state index contributed by atoms with van der Waals surface area (Å²) in [5, 5.41) is 8.39. The van der Waals surface area contributed by atoms with E-state index in [1.54, 1.807) is 43.3 Å². The summed E-state index contributed by atoms with van der Waals surface area (Å²) in [7, 11) is 2.98. The normalized spacial score (nSPS) is 11.8. The van der Waals surface area contributed by atoms with Crippen molar-refractivity contribution in [2.75, 3.05) is 12.4 Å². The number of fused-ring (bicyclic) bond motifs is 1. The zero-order valence-corrected chi connectivity index (χ0v) is 18.3. The molecule has 31 heavy (non-hydrogen) atoms. The van der Waals surface area contributed by atoms with Crippen LogP contribution in [0.1, 0.15) is 18.2 Å². The Hall–Kier alpha value is -3.39. The zero-order valence-electron chi connectivity index (χ0n) is 17.6. The van der Waals surface area contributed by atoms with Gasteiger partial charge in [0.25, 0.3) is 11.5 Å². The van der Waals surface area contributed by atoms with Gasteiger partial charge in [0, 0.05) is 23.5 Å². The van der Waals surface area contributed by atoms with Crippen LogP contribution in [0.4, 0.5) is 5.69 Å². The number of esters is 1. The number of carbonyl (C=O) groups is 2. The van der Waals surface area contributed by atoms with E-state index >= 15 is 0 Å². The van der Waals surface area contributed by atoms with Crippen LogP contribution in [0.2, 0.25) is 5.02 Å². The Morgan fingerprint density at radius 3 is 2.58 bits per heavy atom. The average molecular weight is 444 g/mol. The molecule has 0 aliphatic heterocycles. The third-order valence-corrected chi connectivity index (χ3v) is 5.17. The minimum Gasteiger partial charge on any atom is -0.495 e. The van der Waals surface area contributed by atoms with Gasteiger partial charge in [-0.05, 0) is 31.5 Å². The van der Waals surface area contributed by atoms with Crippen LogP contribution in [0, 0.1) is 6.92 Å². The molecule has 8 nitrogen and oxygen atoms in total. The Labute approximate surface area is 183 Å². The monoisotopic (exact) mass is 443 g/mol. The van der Waals surface area contributed by atoms with Crippen LogP contribution in [0.25, 0.3) is 10.8 Å². The molecule has 3 rings (SSSR count). The lowest BCUT2D eigenvalue weighted by molar-refractivity contribution is -0.152. The first-order chi connectivity index (χ1) is 14.7. The van der Waals surface area contributed by atoms with E-state index in [0.29, 0.717) is 32.9 Å². The molecule has 0 saturated carbocycles. The molecule has 0 radical (unpaired) electrons. The first-order valence-electron chi connectivity index (χ1n) is 9.50. The quantitative estimate of drug-likeness (QED) is 0.588. The highest BCUT2D eigenvalue weighted by molar-refractivity contribution is 6.31. The molecule has 0 saturated heterocycles. The van der Waals surface area contributed by atoms with E-state index in [1.807, 2.05) is 0 Å². The second-order valence-electron chi connectivity index (χ2n) is 7.02. The van der Waals surface area contributed by atoms with E-state index in [2.05, 4.69) is 10.4 Å². The molecule has 0 bridgehead atoms. The summed E-state index contributed by atoms with van der Waals surface area (Å²) in [6.45, 7) is 3.26. The molecule has 9 heteroatoms. The van der Waals surface area contributed by atoms with Crippen molar-refractivity contribution in [3.05, 3.63) is 63.0 Å². The number of benzene rings is 2. The first-order valence-corrected chi connectivity index (χ1v) is 9.88. The number of ether oxygens (including phenoxy) is 2. The van der Waals surface area contributed by atoms with Gasteiger partial charge in [0.05, 0.1) is 30.3 Å². The van der Waals surface area contributed by atoms with Crippen LogP contribution in [0.3, 0.4) is 0 Å². The number of aryl methyl sites for hydroxylation is 2.